The van der Waals surface area contributed by atoms with Gasteiger partial charge < -0.3 is 10.2 Å². The number of rotatable bonds is 10. The number of hydrogen-bond acceptors (Lipinski definition) is 4. The summed E-state index contributed by atoms with van der Waals surface area (Å²) in [4.78, 5) is 27.5. The van der Waals surface area contributed by atoms with E-state index in [1.807, 2.05) is 31.2 Å². The molecule has 174 valence electrons. The molecule has 2 amide bonds. The van der Waals surface area contributed by atoms with Gasteiger partial charge in [-0.2, -0.15) is 0 Å². The average molecular weight is 524 g/mol. The van der Waals surface area contributed by atoms with Gasteiger partial charge in [-0.1, -0.05) is 53.2 Å². The van der Waals surface area contributed by atoms with Crippen molar-refractivity contribution in [1.82, 2.24) is 10.2 Å². The van der Waals surface area contributed by atoms with E-state index in [0.717, 1.165) is 32.6 Å². The van der Waals surface area contributed by atoms with Gasteiger partial charge in [-0.3, -0.25) is 13.9 Å². The number of nitrogens with zero attached hydrogens (tertiary/aromatic N) is 2. The largest absolute Gasteiger partial charge is 0.354 e. The van der Waals surface area contributed by atoms with Crippen LogP contribution in [0.1, 0.15) is 31.4 Å². The van der Waals surface area contributed by atoms with Crippen molar-refractivity contribution in [3.63, 3.8) is 0 Å². The third-order valence-corrected chi connectivity index (χ3v) is 6.70. The number of benzene rings is 2. The summed E-state index contributed by atoms with van der Waals surface area (Å²) < 4.78 is 27.1. The third kappa shape index (κ3) is 7.06. The zero-order valence-electron chi connectivity index (χ0n) is 18.8. The van der Waals surface area contributed by atoms with E-state index in [2.05, 4.69) is 21.2 Å². The van der Waals surface area contributed by atoms with Gasteiger partial charge in [0.25, 0.3) is 0 Å². The number of carbonyl (C=O) groups excluding carboxylic acids is 2. The van der Waals surface area contributed by atoms with Crippen LogP contribution in [0.4, 0.5) is 5.69 Å². The van der Waals surface area contributed by atoms with Gasteiger partial charge in [0, 0.05) is 17.6 Å². The summed E-state index contributed by atoms with van der Waals surface area (Å²) in [5, 5.41) is 2.81. The van der Waals surface area contributed by atoms with Crippen molar-refractivity contribution in [1.29, 1.82) is 0 Å². The molecule has 0 bridgehead atoms. The first-order valence-corrected chi connectivity index (χ1v) is 13.0. The van der Waals surface area contributed by atoms with Crippen molar-refractivity contribution in [3.05, 3.63) is 64.1 Å². The van der Waals surface area contributed by atoms with Crippen molar-refractivity contribution in [3.8, 4) is 0 Å². The average Bonchev–Trinajstić information content (AvgIpc) is 2.74. The van der Waals surface area contributed by atoms with Crippen LogP contribution >= 0.6 is 15.9 Å². The van der Waals surface area contributed by atoms with Crippen molar-refractivity contribution >= 4 is 43.5 Å². The fourth-order valence-electron chi connectivity index (χ4n) is 3.20. The van der Waals surface area contributed by atoms with E-state index in [1.165, 1.54) is 4.90 Å². The van der Waals surface area contributed by atoms with E-state index >= 15 is 0 Å². The Bertz CT molecular complexity index is 1040. The molecule has 0 heterocycles. The topological polar surface area (TPSA) is 86.8 Å². The first-order chi connectivity index (χ1) is 15.0. The smallest absolute Gasteiger partial charge is 0.244 e. The van der Waals surface area contributed by atoms with Gasteiger partial charge in [0.2, 0.25) is 21.8 Å². The van der Waals surface area contributed by atoms with Gasteiger partial charge in [0.15, 0.2) is 0 Å². The van der Waals surface area contributed by atoms with Crippen LogP contribution in [-0.4, -0.2) is 50.5 Å². The molecule has 0 radical (unpaired) electrons. The molecule has 2 aromatic carbocycles. The Morgan fingerprint density at radius 3 is 2.28 bits per heavy atom. The normalized spacial score (nSPS) is 12.2. The van der Waals surface area contributed by atoms with Crippen LogP contribution in [0.5, 0.6) is 0 Å². The van der Waals surface area contributed by atoms with E-state index in [1.54, 1.807) is 38.1 Å². The third-order valence-electron chi connectivity index (χ3n) is 5.05. The zero-order valence-corrected chi connectivity index (χ0v) is 21.2. The zero-order chi connectivity index (χ0) is 23.9. The van der Waals surface area contributed by atoms with E-state index < -0.39 is 28.5 Å². The predicted octanol–water partition coefficient (Wildman–Crippen LogP) is 3.47. The summed E-state index contributed by atoms with van der Waals surface area (Å²) in [5.74, 6) is -0.736. The molecule has 7 nitrogen and oxygen atoms in total. The number of aryl methyl sites for hydroxylation is 1. The molecule has 1 atom stereocenters. The second-order valence-electron chi connectivity index (χ2n) is 7.67. The fraction of sp³-hybridized carbons (Fsp3) is 0.391. The summed E-state index contributed by atoms with van der Waals surface area (Å²) in [6.45, 7) is 5.67. The van der Waals surface area contributed by atoms with Crippen molar-refractivity contribution < 1.29 is 18.0 Å². The van der Waals surface area contributed by atoms with Crippen LogP contribution in [-0.2, 0) is 26.2 Å². The van der Waals surface area contributed by atoms with Gasteiger partial charge >= 0.3 is 0 Å². The molecule has 0 saturated heterocycles. The quantitative estimate of drug-likeness (QED) is 0.516. The lowest BCUT2D eigenvalue weighted by atomic mass is 10.1. The van der Waals surface area contributed by atoms with E-state index in [0.29, 0.717) is 12.2 Å². The maximum atomic E-state index is 13.4. The van der Waals surface area contributed by atoms with Gasteiger partial charge in [0.1, 0.15) is 12.6 Å². The van der Waals surface area contributed by atoms with Crippen molar-refractivity contribution in [2.45, 2.75) is 39.8 Å². The van der Waals surface area contributed by atoms with E-state index in [9.17, 15) is 18.0 Å². The molecule has 0 unspecified atom stereocenters. The molecule has 0 aliphatic rings. The molecule has 0 saturated carbocycles. The SMILES string of the molecule is CCCNC(=O)[C@@H](C)N(Cc1ccc(Br)cc1)C(=O)CN(c1ccccc1C)S(C)(=O)=O. The minimum Gasteiger partial charge on any atom is -0.354 e. The van der Waals surface area contributed by atoms with Crippen molar-refractivity contribution in [2.24, 2.45) is 0 Å². The molecular weight excluding hydrogens is 494 g/mol. The molecule has 2 aromatic rings. The maximum Gasteiger partial charge on any atom is 0.244 e. The number of nitrogens with one attached hydrogen (secondary N) is 1. The van der Waals surface area contributed by atoms with Crippen LogP contribution in [0.3, 0.4) is 0 Å². The van der Waals surface area contributed by atoms with Gasteiger partial charge in [-0.25, -0.2) is 8.42 Å². The standard InChI is InChI=1S/C23H30BrN3O4S/c1-5-14-25-23(29)18(3)26(15-19-10-12-20(24)13-11-19)22(28)16-27(32(4,30)31)21-9-7-6-8-17(21)2/h6-13,18H,5,14-16H2,1-4H3,(H,25,29)/t18-/m1/s1. The Kier molecular flexibility index (Phi) is 9.27. The van der Waals surface area contributed by atoms with E-state index in [4.69, 9.17) is 0 Å². The number of halogens is 1. The molecule has 0 spiro atoms. The van der Waals surface area contributed by atoms with Crippen LogP contribution < -0.4 is 9.62 Å². The molecule has 9 heteroatoms. The molecule has 0 aliphatic carbocycles. The lowest BCUT2D eigenvalue weighted by Gasteiger charge is -2.32. The molecule has 1 N–H and O–H groups in total. The number of carbonyl (C=O) groups is 2. The van der Waals surface area contributed by atoms with Crippen molar-refractivity contribution in [2.75, 3.05) is 23.7 Å². The first-order valence-electron chi connectivity index (χ1n) is 10.4. The second kappa shape index (κ2) is 11.5. The summed E-state index contributed by atoms with van der Waals surface area (Å²) in [6, 6.07) is 13.7. The summed E-state index contributed by atoms with van der Waals surface area (Å²) in [7, 11) is -3.73. The summed E-state index contributed by atoms with van der Waals surface area (Å²) >= 11 is 3.39. The fourth-order valence-corrected chi connectivity index (χ4v) is 4.37. The van der Waals surface area contributed by atoms with Gasteiger partial charge in [0.05, 0.1) is 11.9 Å². The predicted molar refractivity (Wildman–Crippen MR) is 131 cm³/mol. The lowest BCUT2D eigenvalue weighted by molar-refractivity contribution is -0.139. The Labute approximate surface area is 199 Å². The molecule has 32 heavy (non-hydrogen) atoms. The number of hydrogen-bond donors (Lipinski definition) is 1. The molecule has 0 aliphatic heterocycles. The highest BCUT2D eigenvalue weighted by molar-refractivity contribution is 9.10. The Balaban J connectivity index is 2.37. The Hall–Kier alpha value is -2.39. The number of sulfonamides is 1. The lowest BCUT2D eigenvalue weighted by Crippen LogP contribution is -2.51. The summed E-state index contributed by atoms with van der Waals surface area (Å²) in [5.41, 5.74) is 2.01. The minimum atomic E-state index is -3.73. The van der Waals surface area contributed by atoms with Crippen LogP contribution in [0, 0.1) is 6.92 Å². The Morgan fingerprint density at radius 1 is 1.09 bits per heavy atom. The number of anilines is 1. The minimum absolute atomic E-state index is 0.179. The molecule has 0 fully saturated rings. The number of amides is 2. The highest BCUT2D eigenvalue weighted by Crippen LogP contribution is 2.23. The van der Waals surface area contributed by atoms with Crippen LogP contribution in [0.25, 0.3) is 0 Å². The van der Waals surface area contributed by atoms with Gasteiger partial charge in [-0.05, 0) is 49.6 Å². The van der Waals surface area contributed by atoms with E-state index in [-0.39, 0.29) is 12.5 Å². The number of para-hydroxylation sites is 1. The monoisotopic (exact) mass is 523 g/mol. The maximum absolute atomic E-state index is 13.4. The summed E-state index contributed by atoms with van der Waals surface area (Å²) in [6.07, 6.45) is 1.84. The highest BCUT2D eigenvalue weighted by atomic mass is 79.9. The van der Waals surface area contributed by atoms with Crippen LogP contribution in [0.15, 0.2) is 53.0 Å². The molecule has 0 aromatic heterocycles. The highest BCUT2D eigenvalue weighted by Gasteiger charge is 2.30. The molecular formula is C23H30BrN3O4S. The Morgan fingerprint density at radius 2 is 1.72 bits per heavy atom. The first kappa shape index (κ1) is 25.9. The molecule has 2 rings (SSSR count). The van der Waals surface area contributed by atoms with Crippen LogP contribution in [0.2, 0.25) is 0 Å². The van der Waals surface area contributed by atoms with Gasteiger partial charge in [-0.15, -0.1) is 0 Å². The second-order valence-corrected chi connectivity index (χ2v) is 10.5.